The molecule has 4 heteroatoms. The second kappa shape index (κ2) is 6.52. The standard InChI is InChI=1S/C19H20O4/c1-2-23-18(21)11-17(20)19(22)13-7-8-16-14(10-13)9-12-5-3-4-6-15(12)16/h3-8,10,17,19-20,22H,2,9,11H2,1H3. The van der Waals surface area contributed by atoms with Crippen LogP contribution in [0.4, 0.5) is 0 Å². The third kappa shape index (κ3) is 3.14. The summed E-state index contributed by atoms with van der Waals surface area (Å²) in [4.78, 5) is 11.4. The van der Waals surface area contributed by atoms with Crippen molar-refractivity contribution >= 4 is 5.97 Å². The normalized spacial score (nSPS) is 14.7. The molecular formula is C19H20O4. The Morgan fingerprint density at radius 2 is 1.87 bits per heavy atom. The molecule has 0 aromatic heterocycles. The Bertz CT molecular complexity index is 723. The van der Waals surface area contributed by atoms with E-state index in [1.807, 2.05) is 24.3 Å². The Hall–Kier alpha value is -2.17. The zero-order valence-corrected chi connectivity index (χ0v) is 13.0. The molecule has 0 spiro atoms. The highest BCUT2D eigenvalue weighted by Gasteiger charge is 2.24. The van der Waals surface area contributed by atoms with Crippen LogP contribution >= 0.6 is 0 Å². The van der Waals surface area contributed by atoms with E-state index in [0.717, 1.165) is 17.5 Å². The van der Waals surface area contributed by atoms with E-state index in [2.05, 4.69) is 12.1 Å². The lowest BCUT2D eigenvalue weighted by atomic mass is 9.97. The monoisotopic (exact) mass is 312 g/mol. The third-order valence-electron chi connectivity index (χ3n) is 4.20. The Balaban J connectivity index is 1.78. The van der Waals surface area contributed by atoms with Crippen molar-refractivity contribution < 1.29 is 19.7 Å². The average molecular weight is 312 g/mol. The molecule has 23 heavy (non-hydrogen) atoms. The molecule has 0 saturated heterocycles. The first-order valence-corrected chi connectivity index (χ1v) is 7.83. The maximum atomic E-state index is 11.4. The number of fused-ring (bicyclic) bond motifs is 3. The van der Waals surface area contributed by atoms with Crippen LogP contribution < -0.4 is 0 Å². The number of hydrogen-bond donors (Lipinski definition) is 2. The van der Waals surface area contributed by atoms with Gasteiger partial charge in [0.15, 0.2) is 0 Å². The lowest BCUT2D eigenvalue weighted by molar-refractivity contribution is -0.147. The molecule has 0 saturated carbocycles. The molecule has 2 aromatic rings. The van der Waals surface area contributed by atoms with Crippen molar-refractivity contribution in [1.29, 1.82) is 0 Å². The minimum Gasteiger partial charge on any atom is -0.466 e. The van der Waals surface area contributed by atoms with Gasteiger partial charge in [-0.1, -0.05) is 42.5 Å². The fourth-order valence-corrected chi connectivity index (χ4v) is 3.07. The average Bonchev–Trinajstić information content (AvgIpc) is 2.91. The fraction of sp³-hybridized carbons (Fsp3) is 0.316. The van der Waals surface area contributed by atoms with Crippen molar-refractivity contribution in [3.05, 3.63) is 59.2 Å². The highest BCUT2D eigenvalue weighted by atomic mass is 16.5. The van der Waals surface area contributed by atoms with E-state index >= 15 is 0 Å². The minimum absolute atomic E-state index is 0.216. The third-order valence-corrected chi connectivity index (χ3v) is 4.20. The zero-order chi connectivity index (χ0) is 16.4. The lowest BCUT2D eigenvalue weighted by Gasteiger charge is -2.18. The Kier molecular flexibility index (Phi) is 4.46. The zero-order valence-electron chi connectivity index (χ0n) is 13.0. The molecule has 0 aliphatic heterocycles. The number of esters is 1. The van der Waals surface area contributed by atoms with Gasteiger partial charge < -0.3 is 14.9 Å². The van der Waals surface area contributed by atoms with Crippen molar-refractivity contribution in [3.8, 4) is 11.1 Å². The number of rotatable bonds is 5. The molecule has 0 heterocycles. The molecule has 2 unspecified atom stereocenters. The first-order valence-electron chi connectivity index (χ1n) is 7.83. The van der Waals surface area contributed by atoms with Gasteiger partial charge in [0.2, 0.25) is 0 Å². The second-order valence-electron chi connectivity index (χ2n) is 5.77. The van der Waals surface area contributed by atoms with Crippen LogP contribution in [0.1, 0.15) is 36.1 Å². The van der Waals surface area contributed by atoms with Crippen LogP contribution in [-0.2, 0) is 16.0 Å². The van der Waals surface area contributed by atoms with Gasteiger partial charge in [0.1, 0.15) is 6.10 Å². The van der Waals surface area contributed by atoms with Gasteiger partial charge in [-0.25, -0.2) is 0 Å². The molecule has 0 radical (unpaired) electrons. The number of aliphatic hydroxyl groups excluding tert-OH is 2. The summed E-state index contributed by atoms with van der Waals surface area (Å²) in [5.41, 5.74) is 5.40. The van der Waals surface area contributed by atoms with Crippen LogP contribution in [0.3, 0.4) is 0 Å². The highest BCUT2D eigenvalue weighted by molar-refractivity contribution is 5.77. The van der Waals surface area contributed by atoms with E-state index in [0.29, 0.717) is 5.56 Å². The first kappa shape index (κ1) is 15.7. The van der Waals surface area contributed by atoms with Gasteiger partial charge in [0.25, 0.3) is 0 Å². The summed E-state index contributed by atoms with van der Waals surface area (Å²) in [6.45, 7) is 1.97. The molecule has 2 aromatic carbocycles. The molecular weight excluding hydrogens is 292 g/mol. The van der Waals surface area contributed by atoms with Gasteiger partial charge in [0.05, 0.1) is 19.1 Å². The second-order valence-corrected chi connectivity index (χ2v) is 5.77. The van der Waals surface area contributed by atoms with E-state index in [1.165, 1.54) is 11.1 Å². The van der Waals surface area contributed by atoms with Gasteiger partial charge >= 0.3 is 5.97 Å². The molecule has 3 rings (SSSR count). The summed E-state index contributed by atoms with van der Waals surface area (Å²) in [5, 5.41) is 20.3. The predicted octanol–water partition coefficient (Wildman–Crippen LogP) is 2.61. The maximum Gasteiger partial charge on any atom is 0.308 e. The number of carbonyl (C=O) groups excluding carboxylic acids is 1. The topological polar surface area (TPSA) is 66.8 Å². The minimum atomic E-state index is -1.17. The number of aliphatic hydroxyl groups is 2. The van der Waals surface area contributed by atoms with Crippen molar-refractivity contribution in [2.45, 2.75) is 32.0 Å². The van der Waals surface area contributed by atoms with Crippen molar-refractivity contribution in [1.82, 2.24) is 0 Å². The van der Waals surface area contributed by atoms with E-state index in [9.17, 15) is 15.0 Å². The number of benzene rings is 2. The lowest BCUT2D eigenvalue weighted by Crippen LogP contribution is -2.23. The molecule has 1 aliphatic carbocycles. The van der Waals surface area contributed by atoms with Crippen LogP contribution in [-0.4, -0.2) is 28.9 Å². The number of ether oxygens (including phenoxy) is 1. The van der Waals surface area contributed by atoms with Crippen molar-refractivity contribution in [2.75, 3.05) is 6.61 Å². The maximum absolute atomic E-state index is 11.4. The van der Waals surface area contributed by atoms with Gasteiger partial charge in [0, 0.05) is 0 Å². The van der Waals surface area contributed by atoms with E-state index in [1.54, 1.807) is 13.0 Å². The summed E-state index contributed by atoms with van der Waals surface area (Å²) in [7, 11) is 0. The van der Waals surface area contributed by atoms with Gasteiger partial charge in [-0.05, 0) is 41.2 Å². The molecule has 0 fully saturated rings. The van der Waals surface area contributed by atoms with Crippen molar-refractivity contribution in [2.24, 2.45) is 0 Å². The first-order chi connectivity index (χ1) is 11.1. The fourth-order valence-electron chi connectivity index (χ4n) is 3.07. The quantitative estimate of drug-likeness (QED) is 0.711. The van der Waals surface area contributed by atoms with Gasteiger partial charge in [-0.15, -0.1) is 0 Å². The van der Waals surface area contributed by atoms with E-state index < -0.39 is 18.2 Å². The molecule has 4 nitrogen and oxygen atoms in total. The summed E-state index contributed by atoms with van der Waals surface area (Å²) < 4.78 is 4.80. The summed E-state index contributed by atoms with van der Waals surface area (Å²) >= 11 is 0. The van der Waals surface area contributed by atoms with Gasteiger partial charge in [-0.2, -0.15) is 0 Å². The summed E-state index contributed by atoms with van der Waals surface area (Å²) in [5.74, 6) is -0.507. The Labute approximate surface area is 135 Å². The summed E-state index contributed by atoms with van der Waals surface area (Å²) in [6, 6.07) is 13.9. The van der Waals surface area contributed by atoms with Crippen LogP contribution in [0.25, 0.3) is 11.1 Å². The largest absolute Gasteiger partial charge is 0.466 e. The van der Waals surface area contributed by atoms with E-state index in [-0.39, 0.29) is 13.0 Å². The van der Waals surface area contributed by atoms with Crippen LogP contribution in [0.15, 0.2) is 42.5 Å². The van der Waals surface area contributed by atoms with Gasteiger partial charge in [-0.3, -0.25) is 4.79 Å². The van der Waals surface area contributed by atoms with Crippen LogP contribution in [0, 0.1) is 0 Å². The Morgan fingerprint density at radius 3 is 2.65 bits per heavy atom. The number of hydrogen-bond acceptors (Lipinski definition) is 4. The molecule has 120 valence electrons. The smallest absolute Gasteiger partial charge is 0.308 e. The van der Waals surface area contributed by atoms with Crippen LogP contribution in [0.2, 0.25) is 0 Å². The molecule has 0 amide bonds. The number of carbonyl (C=O) groups is 1. The molecule has 0 bridgehead atoms. The molecule has 2 N–H and O–H groups in total. The van der Waals surface area contributed by atoms with Crippen LogP contribution in [0.5, 0.6) is 0 Å². The van der Waals surface area contributed by atoms with E-state index in [4.69, 9.17) is 4.74 Å². The SMILES string of the molecule is CCOC(=O)CC(O)C(O)c1ccc2c(c1)Cc1ccccc1-2. The molecule has 2 atom stereocenters. The predicted molar refractivity (Wildman–Crippen MR) is 86.9 cm³/mol. The molecule has 1 aliphatic rings. The van der Waals surface area contributed by atoms with Crippen molar-refractivity contribution in [3.63, 3.8) is 0 Å². The highest BCUT2D eigenvalue weighted by Crippen LogP contribution is 2.37. The Morgan fingerprint density at radius 1 is 1.13 bits per heavy atom. The summed E-state index contributed by atoms with van der Waals surface area (Å²) in [6.07, 6.45) is -1.67.